The molecule has 1 heterocycles. The van der Waals surface area contributed by atoms with E-state index in [-0.39, 0.29) is 0 Å². The second kappa shape index (κ2) is 4.42. The fraction of sp³-hybridized carbons (Fsp3) is 0.615. The Balaban J connectivity index is 2.19. The molecule has 2 N–H and O–H groups in total. The summed E-state index contributed by atoms with van der Waals surface area (Å²) < 4.78 is 0. The SMILES string of the molecule is Cc1nc2c([nH]1)C(CNC(C)C)C(C)C=C2. The second-order valence-electron chi connectivity index (χ2n) is 5.01. The van der Waals surface area contributed by atoms with Crippen LogP contribution in [0.15, 0.2) is 6.08 Å². The summed E-state index contributed by atoms with van der Waals surface area (Å²) in [7, 11) is 0. The molecule has 0 saturated carbocycles. The van der Waals surface area contributed by atoms with E-state index in [1.165, 1.54) is 5.69 Å². The minimum atomic E-state index is 0.517. The van der Waals surface area contributed by atoms with Crippen molar-refractivity contribution in [2.75, 3.05) is 6.54 Å². The lowest BCUT2D eigenvalue weighted by atomic mass is 9.85. The number of rotatable bonds is 3. The van der Waals surface area contributed by atoms with Crippen LogP contribution >= 0.6 is 0 Å². The zero-order chi connectivity index (χ0) is 11.7. The zero-order valence-electron chi connectivity index (χ0n) is 10.5. The number of hydrogen-bond donors (Lipinski definition) is 2. The number of H-pyrrole nitrogens is 1. The molecule has 1 aromatic heterocycles. The van der Waals surface area contributed by atoms with Crippen LogP contribution in [0.1, 0.15) is 43.9 Å². The van der Waals surface area contributed by atoms with Crippen molar-refractivity contribution in [1.29, 1.82) is 0 Å². The third kappa shape index (κ3) is 2.19. The van der Waals surface area contributed by atoms with E-state index < -0.39 is 0 Å². The first kappa shape index (κ1) is 11.4. The van der Waals surface area contributed by atoms with Gasteiger partial charge in [0.15, 0.2) is 0 Å². The highest BCUT2D eigenvalue weighted by molar-refractivity contribution is 5.53. The van der Waals surface area contributed by atoms with Crippen LogP contribution in [0.5, 0.6) is 0 Å². The van der Waals surface area contributed by atoms with Crippen molar-refractivity contribution in [3.63, 3.8) is 0 Å². The van der Waals surface area contributed by atoms with Crippen LogP contribution in [0.3, 0.4) is 0 Å². The third-order valence-electron chi connectivity index (χ3n) is 3.19. The minimum Gasteiger partial charge on any atom is -0.345 e. The van der Waals surface area contributed by atoms with Gasteiger partial charge >= 0.3 is 0 Å². The summed E-state index contributed by atoms with van der Waals surface area (Å²) in [6.07, 6.45) is 4.39. The Hall–Kier alpha value is -1.09. The summed E-state index contributed by atoms with van der Waals surface area (Å²) in [5, 5.41) is 3.51. The van der Waals surface area contributed by atoms with E-state index in [4.69, 9.17) is 0 Å². The average molecular weight is 219 g/mol. The molecule has 2 atom stereocenters. The molecule has 0 spiro atoms. The minimum absolute atomic E-state index is 0.517. The van der Waals surface area contributed by atoms with Crippen molar-refractivity contribution in [2.24, 2.45) is 5.92 Å². The first-order valence-corrected chi connectivity index (χ1v) is 6.06. The number of allylic oxidation sites excluding steroid dienone is 1. The van der Waals surface area contributed by atoms with Gasteiger partial charge in [0.1, 0.15) is 5.82 Å². The van der Waals surface area contributed by atoms with Crippen molar-refractivity contribution >= 4 is 6.08 Å². The molecule has 0 fully saturated rings. The molecule has 1 aliphatic carbocycles. The van der Waals surface area contributed by atoms with Gasteiger partial charge in [-0.3, -0.25) is 0 Å². The van der Waals surface area contributed by atoms with Gasteiger partial charge in [-0.2, -0.15) is 0 Å². The molecule has 88 valence electrons. The Kier molecular flexibility index (Phi) is 3.15. The number of aromatic nitrogens is 2. The lowest BCUT2D eigenvalue weighted by Gasteiger charge is -2.25. The molecule has 3 nitrogen and oxygen atoms in total. The van der Waals surface area contributed by atoms with E-state index in [0.717, 1.165) is 18.1 Å². The Labute approximate surface area is 97.4 Å². The van der Waals surface area contributed by atoms with E-state index in [9.17, 15) is 0 Å². The van der Waals surface area contributed by atoms with Crippen molar-refractivity contribution in [1.82, 2.24) is 15.3 Å². The Morgan fingerprint density at radius 1 is 1.50 bits per heavy atom. The third-order valence-corrected chi connectivity index (χ3v) is 3.19. The van der Waals surface area contributed by atoms with Gasteiger partial charge < -0.3 is 10.3 Å². The molecule has 3 heteroatoms. The van der Waals surface area contributed by atoms with Gasteiger partial charge in [-0.15, -0.1) is 0 Å². The predicted molar refractivity (Wildman–Crippen MR) is 67.4 cm³/mol. The molecule has 1 aromatic rings. The smallest absolute Gasteiger partial charge is 0.103 e. The summed E-state index contributed by atoms with van der Waals surface area (Å²) in [6.45, 7) is 9.66. The molecular weight excluding hydrogens is 198 g/mol. The van der Waals surface area contributed by atoms with Crippen LogP contribution in [-0.4, -0.2) is 22.6 Å². The maximum absolute atomic E-state index is 4.49. The number of fused-ring (bicyclic) bond motifs is 1. The van der Waals surface area contributed by atoms with Crippen LogP contribution in [0.2, 0.25) is 0 Å². The van der Waals surface area contributed by atoms with Gasteiger partial charge in [-0.1, -0.05) is 26.8 Å². The largest absolute Gasteiger partial charge is 0.345 e. The lowest BCUT2D eigenvalue weighted by molar-refractivity contribution is 0.459. The molecule has 1 aliphatic rings. The van der Waals surface area contributed by atoms with E-state index in [2.05, 4.69) is 48.2 Å². The van der Waals surface area contributed by atoms with E-state index in [1.54, 1.807) is 0 Å². The van der Waals surface area contributed by atoms with Crippen molar-refractivity contribution in [2.45, 2.75) is 39.7 Å². The number of hydrogen-bond acceptors (Lipinski definition) is 2. The monoisotopic (exact) mass is 219 g/mol. The van der Waals surface area contributed by atoms with Crippen LogP contribution in [0.4, 0.5) is 0 Å². The topological polar surface area (TPSA) is 40.7 Å². The van der Waals surface area contributed by atoms with Crippen molar-refractivity contribution in [3.05, 3.63) is 23.3 Å². The molecule has 2 rings (SSSR count). The molecular formula is C13H21N3. The molecule has 0 aliphatic heterocycles. The van der Waals surface area contributed by atoms with Crippen LogP contribution in [-0.2, 0) is 0 Å². The number of nitrogens with zero attached hydrogens (tertiary/aromatic N) is 1. The fourth-order valence-corrected chi connectivity index (χ4v) is 2.23. The predicted octanol–water partition coefficient (Wildman–Crippen LogP) is 2.46. The van der Waals surface area contributed by atoms with Crippen molar-refractivity contribution in [3.8, 4) is 0 Å². The first-order chi connectivity index (χ1) is 7.58. The lowest BCUT2D eigenvalue weighted by Crippen LogP contribution is -2.31. The molecule has 2 unspecified atom stereocenters. The zero-order valence-corrected chi connectivity index (χ0v) is 10.5. The summed E-state index contributed by atoms with van der Waals surface area (Å²) in [6, 6.07) is 0.533. The molecule has 0 radical (unpaired) electrons. The van der Waals surface area contributed by atoms with Gasteiger partial charge in [0.2, 0.25) is 0 Å². The van der Waals surface area contributed by atoms with Crippen LogP contribution in [0, 0.1) is 12.8 Å². The van der Waals surface area contributed by atoms with Crippen LogP contribution < -0.4 is 5.32 Å². The maximum atomic E-state index is 4.49. The Bertz CT molecular complexity index is 390. The summed E-state index contributed by atoms with van der Waals surface area (Å²) in [5.41, 5.74) is 2.41. The fourth-order valence-electron chi connectivity index (χ4n) is 2.23. The number of aromatic amines is 1. The van der Waals surface area contributed by atoms with Gasteiger partial charge in [-0.05, 0) is 18.9 Å². The second-order valence-corrected chi connectivity index (χ2v) is 5.01. The summed E-state index contributed by atoms with van der Waals surface area (Å²) in [5.74, 6) is 2.10. The molecule has 0 bridgehead atoms. The molecule has 0 aromatic carbocycles. The Morgan fingerprint density at radius 3 is 2.94 bits per heavy atom. The average Bonchev–Trinajstić information content (AvgIpc) is 2.57. The highest BCUT2D eigenvalue weighted by Crippen LogP contribution is 2.31. The van der Waals surface area contributed by atoms with E-state index >= 15 is 0 Å². The molecule has 16 heavy (non-hydrogen) atoms. The normalized spacial score (nSPS) is 23.8. The summed E-state index contributed by atoms with van der Waals surface area (Å²) >= 11 is 0. The van der Waals surface area contributed by atoms with Gasteiger partial charge in [0, 0.05) is 24.2 Å². The highest BCUT2D eigenvalue weighted by atomic mass is 15.0. The van der Waals surface area contributed by atoms with Crippen LogP contribution in [0.25, 0.3) is 6.08 Å². The standard InChI is InChI=1S/C13H21N3/c1-8(2)14-7-11-9(3)5-6-12-13(11)16-10(4)15-12/h5-6,8-9,11,14H,7H2,1-4H3,(H,15,16). The summed E-state index contributed by atoms with van der Waals surface area (Å²) in [4.78, 5) is 7.89. The van der Waals surface area contributed by atoms with E-state index in [1.807, 2.05) is 6.92 Å². The maximum Gasteiger partial charge on any atom is 0.103 e. The van der Waals surface area contributed by atoms with Gasteiger partial charge in [-0.25, -0.2) is 4.98 Å². The number of aryl methyl sites for hydroxylation is 1. The van der Waals surface area contributed by atoms with Gasteiger partial charge in [0.05, 0.1) is 5.69 Å². The van der Waals surface area contributed by atoms with Crippen molar-refractivity contribution < 1.29 is 0 Å². The van der Waals surface area contributed by atoms with Gasteiger partial charge in [0.25, 0.3) is 0 Å². The number of imidazole rings is 1. The first-order valence-electron chi connectivity index (χ1n) is 6.06. The Morgan fingerprint density at radius 2 is 2.25 bits per heavy atom. The molecule has 0 amide bonds. The molecule has 0 saturated heterocycles. The number of nitrogens with one attached hydrogen (secondary N) is 2. The highest BCUT2D eigenvalue weighted by Gasteiger charge is 2.25. The quantitative estimate of drug-likeness (QED) is 0.820. The van der Waals surface area contributed by atoms with E-state index in [0.29, 0.717) is 17.9 Å².